The van der Waals surface area contributed by atoms with Gasteiger partial charge in [0.05, 0.1) is 4.90 Å². The Labute approximate surface area is 163 Å². The molecule has 0 fully saturated rings. The first-order valence-electron chi connectivity index (χ1n) is 7.97. The highest BCUT2D eigenvalue weighted by atomic mass is 35.5. The number of halogens is 1. The fourth-order valence-corrected chi connectivity index (χ4v) is 4.27. The average Bonchev–Trinajstić information content (AvgIpc) is 2.61. The van der Waals surface area contributed by atoms with Crippen molar-refractivity contribution in [3.8, 4) is 0 Å². The molecule has 8 heteroatoms. The number of anilines is 1. The van der Waals surface area contributed by atoms with Crippen LogP contribution in [0.1, 0.15) is 12.0 Å². The number of amides is 1. The van der Waals surface area contributed by atoms with Gasteiger partial charge in [0, 0.05) is 10.7 Å². The molecular weight excluding hydrogens is 392 g/mol. The van der Waals surface area contributed by atoms with Crippen molar-refractivity contribution >= 4 is 45.0 Å². The maximum atomic E-state index is 12.7. The molecule has 0 unspecified atom stereocenters. The summed E-state index contributed by atoms with van der Waals surface area (Å²) in [4.78, 5) is 12.8. The normalized spacial score (nSPS) is 12.6. The Kier molecular flexibility index (Phi) is 7.52. The van der Waals surface area contributed by atoms with Crippen LogP contribution in [0.3, 0.4) is 0 Å². The Morgan fingerprint density at radius 2 is 1.88 bits per heavy atom. The topological polar surface area (TPSA) is 75.3 Å². The fourth-order valence-electron chi connectivity index (χ4n) is 2.32. The van der Waals surface area contributed by atoms with Crippen molar-refractivity contribution in [2.24, 2.45) is 0 Å². The molecule has 0 saturated carbocycles. The molecule has 2 N–H and O–H groups in total. The second kappa shape index (κ2) is 9.41. The minimum absolute atomic E-state index is 0.129. The third kappa shape index (κ3) is 5.74. The van der Waals surface area contributed by atoms with Gasteiger partial charge in [0.2, 0.25) is 15.9 Å². The van der Waals surface area contributed by atoms with Gasteiger partial charge in [0.15, 0.2) is 0 Å². The minimum Gasteiger partial charge on any atom is -0.324 e. The molecule has 0 spiro atoms. The largest absolute Gasteiger partial charge is 0.324 e. The SMILES string of the molecule is CSCC[C@@H](NS(=O)(=O)c1ccccc1)C(=O)Nc1ccc(Cl)cc1C. The van der Waals surface area contributed by atoms with Gasteiger partial charge in [-0.1, -0.05) is 29.8 Å². The van der Waals surface area contributed by atoms with Gasteiger partial charge >= 0.3 is 0 Å². The second-order valence-corrected chi connectivity index (χ2v) is 8.85. The first-order valence-corrected chi connectivity index (χ1v) is 11.2. The first-order chi connectivity index (χ1) is 12.3. The Balaban J connectivity index is 2.19. The molecule has 1 amide bonds. The van der Waals surface area contributed by atoms with Crippen LogP contribution in [-0.2, 0) is 14.8 Å². The highest BCUT2D eigenvalue weighted by Crippen LogP contribution is 2.20. The summed E-state index contributed by atoms with van der Waals surface area (Å²) in [7, 11) is -3.79. The molecule has 0 saturated heterocycles. The summed E-state index contributed by atoms with van der Waals surface area (Å²) in [5.41, 5.74) is 1.41. The van der Waals surface area contributed by atoms with Gasteiger partial charge < -0.3 is 5.32 Å². The molecular formula is C18H21ClN2O3S2. The van der Waals surface area contributed by atoms with E-state index in [1.54, 1.807) is 48.2 Å². The summed E-state index contributed by atoms with van der Waals surface area (Å²) in [6, 6.07) is 12.3. The molecule has 26 heavy (non-hydrogen) atoms. The van der Waals surface area contributed by atoms with E-state index in [-0.39, 0.29) is 4.90 Å². The van der Waals surface area contributed by atoms with Crippen LogP contribution in [0.2, 0.25) is 5.02 Å². The van der Waals surface area contributed by atoms with Crippen LogP contribution in [-0.4, -0.2) is 32.4 Å². The standard InChI is InChI=1S/C18H21ClN2O3S2/c1-13-12-14(19)8-9-16(13)20-18(22)17(10-11-25-2)21-26(23,24)15-6-4-3-5-7-15/h3-9,12,17,21H,10-11H2,1-2H3,(H,20,22)/t17-/m1/s1. The van der Waals surface area contributed by atoms with E-state index in [0.29, 0.717) is 22.9 Å². The van der Waals surface area contributed by atoms with Crippen molar-refractivity contribution in [2.45, 2.75) is 24.3 Å². The minimum atomic E-state index is -3.79. The number of carbonyl (C=O) groups excluding carboxylic acids is 1. The summed E-state index contributed by atoms with van der Waals surface area (Å²) in [5, 5.41) is 3.36. The van der Waals surface area contributed by atoms with Gasteiger partial charge in [-0.05, 0) is 61.2 Å². The molecule has 2 aromatic rings. The van der Waals surface area contributed by atoms with Crippen molar-refractivity contribution < 1.29 is 13.2 Å². The Morgan fingerprint density at radius 3 is 2.50 bits per heavy atom. The number of nitrogens with one attached hydrogen (secondary N) is 2. The van der Waals surface area contributed by atoms with Crippen molar-refractivity contribution in [2.75, 3.05) is 17.3 Å². The molecule has 0 aliphatic rings. The number of carbonyl (C=O) groups is 1. The molecule has 0 heterocycles. The van der Waals surface area contributed by atoms with Crippen LogP contribution < -0.4 is 10.0 Å². The van der Waals surface area contributed by atoms with E-state index < -0.39 is 22.0 Å². The average molecular weight is 413 g/mol. The van der Waals surface area contributed by atoms with E-state index in [1.807, 2.05) is 13.2 Å². The summed E-state index contributed by atoms with van der Waals surface area (Å²) >= 11 is 7.48. The van der Waals surface area contributed by atoms with Crippen LogP contribution in [0.4, 0.5) is 5.69 Å². The quantitative estimate of drug-likeness (QED) is 0.693. The van der Waals surface area contributed by atoms with Crippen molar-refractivity contribution in [3.05, 3.63) is 59.1 Å². The number of hydrogen-bond acceptors (Lipinski definition) is 4. The number of aryl methyl sites for hydroxylation is 1. The smallest absolute Gasteiger partial charge is 0.242 e. The third-order valence-corrected chi connectivity index (χ3v) is 6.09. The predicted molar refractivity (Wildman–Crippen MR) is 108 cm³/mol. The number of thioether (sulfide) groups is 1. The monoisotopic (exact) mass is 412 g/mol. The summed E-state index contributed by atoms with van der Waals surface area (Å²) in [6.07, 6.45) is 2.29. The van der Waals surface area contributed by atoms with Crippen LogP contribution in [0, 0.1) is 6.92 Å². The molecule has 0 aromatic heterocycles. The number of hydrogen-bond donors (Lipinski definition) is 2. The van der Waals surface area contributed by atoms with E-state index in [2.05, 4.69) is 10.0 Å². The summed E-state index contributed by atoms with van der Waals surface area (Å²) < 4.78 is 27.6. The van der Waals surface area contributed by atoms with Crippen LogP contribution in [0.15, 0.2) is 53.4 Å². The Bertz CT molecular complexity index is 858. The zero-order chi connectivity index (χ0) is 19.2. The highest BCUT2D eigenvalue weighted by molar-refractivity contribution is 7.98. The number of sulfonamides is 1. The lowest BCUT2D eigenvalue weighted by atomic mass is 10.1. The van der Waals surface area contributed by atoms with Gasteiger partial charge in [-0.2, -0.15) is 16.5 Å². The predicted octanol–water partition coefficient (Wildman–Crippen LogP) is 3.69. The van der Waals surface area contributed by atoms with Crippen LogP contribution in [0.25, 0.3) is 0 Å². The molecule has 1 atom stereocenters. The lowest BCUT2D eigenvalue weighted by molar-refractivity contribution is -0.117. The van der Waals surface area contributed by atoms with Gasteiger partial charge in [-0.3, -0.25) is 4.79 Å². The Morgan fingerprint density at radius 1 is 1.19 bits per heavy atom. The van der Waals surface area contributed by atoms with Crippen molar-refractivity contribution in [1.82, 2.24) is 4.72 Å². The van der Waals surface area contributed by atoms with Gasteiger partial charge in [-0.15, -0.1) is 0 Å². The van der Waals surface area contributed by atoms with E-state index in [0.717, 1.165) is 5.56 Å². The van der Waals surface area contributed by atoms with Crippen LogP contribution >= 0.6 is 23.4 Å². The number of rotatable bonds is 8. The zero-order valence-electron chi connectivity index (χ0n) is 14.5. The van der Waals surface area contributed by atoms with Crippen LogP contribution in [0.5, 0.6) is 0 Å². The van der Waals surface area contributed by atoms with E-state index in [9.17, 15) is 13.2 Å². The lowest BCUT2D eigenvalue weighted by Gasteiger charge is -2.19. The van der Waals surface area contributed by atoms with Crippen molar-refractivity contribution in [3.63, 3.8) is 0 Å². The summed E-state index contributed by atoms with van der Waals surface area (Å²) in [6.45, 7) is 1.83. The second-order valence-electron chi connectivity index (χ2n) is 5.72. The van der Waals surface area contributed by atoms with Gasteiger partial charge in [0.1, 0.15) is 6.04 Å². The third-order valence-electron chi connectivity index (χ3n) is 3.72. The zero-order valence-corrected chi connectivity index (χ0v) is 16.9. The van der Waals surface area contributed by atoms with Gasteiger partial charge in [-0.25, -0.2) is 8.42 Å². The fraction of sp³-hybridized carbons (Fsp3) is 0.278. The molecule has 0 aliphatic carbocycles. The molecule has 0 radical (unpaired) electrons. The molecule has 2 rings (SSSR count). The highest BCUT2D eigenvalue weighted by Gasteiger charge is 2.25. The molecule has 5 nitrogen and oxygen atoms in total. The van der Waals surface area contributed by atoms with Gasteiger partial charge in [0.25, 0.3) is 0 Å². The molecule has 2 aromatic carbocycles. The number of benzene rings is 2. The summed E-state index contributed by atoms with van der Waals surface area (Å²) in [5.74, 6) is 0.249. The van der Waals surface area contributed by atoms with E-state index in [1.165, 1.54) is 12.1 Å². The van der Waals surface area contributed by atoms with E-state index in [4.69, 9.17) is 11.6 Å². The maximum absolute atomic E-state index is 12.7. The molecule has 0 aliphatic heterocycles. The molecule has 140 valence electrons. The lowest BCUT2D eigenvalue weighted by Crippen LogP contribution is -2.44. The maximum Gasteiger partial charge on any atom is 0.242 e. The van der Waals surface area contributed by atoms with E-state index >= 15 is 0 Å². The first kappa shape index (κ1) is 20.8. The molecule has 0 bridgehead atoms. The van der Waals surface area contributed by atoms with Crippen molar-refractivity contribution in [1.29, 1.82) is 0 Å². The Hall–Kier alpha value is -1.54.